The molecule has 5 heteroatoms. The minimum atomic E-state index is -0.411. The molecule has 0 saturated carbocycles. The van der Waals surface area contributed by atoms with E-state index >= 15 is 0 Å². The minimum absolute atomic E-state index is 0.00834. The van der Waals surface area contributed by atoms with E-state index in [0.29, 0.717) is 13.0 Å². The molecular formula is C19H26N2O3. The lowest BCUT2D eigenvalue weighted by Gasteiger charge is -2.20. The van der Waals surface area contributed by atoms with Crippen LogP contribution in [-0.2, 0) is 16.0 Å². The monoisotopic (exact) mass is 330 g/mol. The van der Waals surface area contributed by atoms with Crippen LogP contribution in [0.3, 0.4) is 0 Å². The summed E-state index contributed by atoms with van der Waals surface area (Å²) in [5.74, 6) is 0.0144. The zero-order valence-electron chi connectivity index (χ0n) is 14.2. The summed E-state index contributed by atoms with van der Waals surface area (Å²) in [5.41, 5.74) is 6.50. The predicted molar refractivity (Wildman–Crippen MR) is 93.5 cm³/mol. The molecule has 1 aromatic carbocycles. The average molecular weight is 330 g/mol. The maximum Gasteiger partial charge on any atom is 0.223 e. The van der Waals surface area contributed by atoms with Gasteiger partial charge in [-0.05, 0) is 50.3 Å². The number of benzene rings is 1. The summed E-state index contributed by atoms with van der Waals surface area (Å²) in [4.78, 5) is 23.9. The van der Waals surface area contributed by atoms with Crippen molar-refractivity contribution in [2.45, 2.75) is 32.6 Å². The van der Waals surface area contributed by atoms with E-state index < -0.39 is 11.8 Å². The molecule has 0 spiro atoms. The Bertz CT molecular complexity index is 581. The van der Waals surface area contributed by atoms with Gasteiger partial charge in [-0.2, -0.15) is 0 Å². The summed E-state index contributed by atoms with van der Waals surface area (Å²) < 4.78 is 5.41. The second-order valence-corrected chi connectivity index (χ2v) is 6.11. The van der Waals surface area contributed by atoms with E-state index in [-0.39, 0.29) is 18.4 Å². The molecule has 1 aromatic rings. The first-order valence-electron chi connectivity index (χ1n) is 8.54. The molecule has 1 aliphatic rings. The molecule has 0 fully saturated rings. The molecule has 0 radical (unpaired) electrons. The lowest BCUT2D eigenvalue weighted by atomic mass is 9.93. The van der Waals surface area contributed by atoms with Gasteiger partial charge in [0, 0.05) is 12.5 Å². The van der Waals surface area contributed by atoms with Crippen LogP contribution in [0.1, 0.15) is 31.7 Å². The highest BCUT2D eigenvalue weighted by atomic mass is 16.5. The van der Waals surface area contributed by atoms with E-state index in [9.17, 15) is 9.59 Å². The SMILES string of the molecule is CCOc1ccc(C[C@H](CNC(=O)[C@H]2CC=CCC2)C(N)=O)cc1. The van der Waals surface area contributed by atoms with Gasteiger partial charge >= 0.3 is 0 Å². The Kier molecular flexibility index (Phi) is 6.85. The van der Waals surface area contributed by atoms with Gasteiger partial charge in [0.15, 0.2) is 0 Å². The molecule has 0 aromatic heterocycles. The van der Waals surface area contributed by atoms with Gasteiger partial charge in [-0.15, -0.1) is 0 Å². The Morgan fingerprint density at radius 2 is 2.04 bits per heavy atom. The normalized spacial score (nSPS) is 18.0. The van der Waals surface area contributed by atoms with Gasteiger partial charge in [0.25, 0.3) is 0 Å². The molecule has 1 aliphatic carbocycles. The van der Waals surface area contributed by atoms with Gasteiger partial charge in [0.1, 0.15) is 5.75 Å². The summed E-state index contributed by atoms with van der Waals surface area (Å²) in [6.45, 7) is 2.83. The number of primary amides is 1. The van der Waals surface area contributed by atoms with Crippen LogP contribution < -0.4 is 15.8 Å². The number of nitrogens with one attached hydrogen (secondary N) is 1. The van der Waals surface area contributed by atoms with Crippen molar-refractivity contribution in [1.82, 2.24) is 5.32 Å². The van der Waals surface area contributed by atoms with Crippen LogP contribution >= 0.6 is 0 Å². The molecule has 2 amide bonds. The van der Waals surface area contributed by atoms with Gasteiger partial charge in [0.2, 0.25) is 11.8 Å². The number of carbonyl (C=O) groups is 2. The van der Waals surface area contributed by atoms with Crippen LogP contribution in [-0.4, -0.2) is 25.0 Å². The number of allylic oxidation sites excluding steroid dienone is 2. The van der Waals surface area contributed by atoms with E-state index in [4.69, 9.17) is 10.5 Å². The fourth-order valence-electron chi connectivity index (χ4n) is 2.85. The van der Waals surface area contributed by atoms with Crippen molar-refractivity contribution >= 4 is 11.8 Å². The summed E-state index contributed by atoms with van der Waals surface area (Å²) in [7, 11) is 0. The molecule has 0 bridgehead atoms. The summed E-state index contributed by atoms with van der Waals surface area (Å²) in [5, 5.41) is 2.89. The first kappa shape index (κ1) is 18.0. The zero-order valence-corrected chi connectivity index (χ0v) is 14.2. The second kappa shape index (κ2) is 9.11. The van der Waals surface area contributed by atoms with Crippen LogP contribution in [0, 0.1) is 11.8 Å². The number of carbonyl (C=O) groups excluding carboxylic acids is 2. The number of hydrogen-bond donors (Lipinski definition) is 2. The lowest BCUT2D eigenvalue weighted by Crippen LogP contribution is -2.39. The minimum Gasteiger partial charge on any atom is -0.494 e. The van der Waals surface area contributed by atoms with Crippen LogP contribution in [0.15, 0.2) is 36.4 Å². The van der Waals surface area contributed by atoms with Crippen molar-refractivity contribution in [3.05, 3.63) is 42.0 Å². The predicted octanol–water partition coefficient (Wildman–Crippen LogP) is 2.20. The van der Waals surface area contributed by atoms with Gasteiger partial charge in [-0.3, -0.25) is 9.59 Å². The Balaban J connectivity index is 1.88. The number of nitrogens with two attached hydrogens (primary N) is 1. The Morgan fingerprint density at radius 1 is 1.29 bits per heavy atom. The topological polar surface area (TPSA) is 81.4 Å². The standard InChI is InChI=1S/C19H26N2O3/c1-2-24-17-10-8-14(9-11-17)12-16(18(20)22)13-21-19(23)15-6-4-3-5-7-15/h3-4,8-11,15-16H,2,5-7,12-13H2,1H3,(H2,20,22)(H,21,23)/t15-,16+/m0/s1. The molecule has 3 N–H and O–H groups in total. The molecule has 2 atom stereocenters. The average Bonchev–Trinajstić information content (AvgIpc) is 2.60. The Labute approximate surface area is 143 Å². The van der Waals surface area contributed by atoms with Crippen molar-refractivity contribution in [1.29, 1.82) is 0 Å². The maximum atomic E-state index is 12.2. The Morgan fingerprint density at radius 3 is 2.62 bits per heavy atom. The van der Waals surface area contributed by atoms with Crippen molar-refractivity contribution in [3.63, 3.8) is 0 Å². The van der Waals surface area contributed by atoms with E-state index in [0.717, 1.165) is 30.6 Å². The first-order valence-corrected chi connectivity index (χ1v) is 8.54. The van der Waals surface area contributed by atoms with Gasteiger partial charge < -0.3 is 15.8 Å². The van der Waals surface area contributed by atoms with Crippen molar-refractivity contribution < 1.29 is 14.3 Å². The van der Waals surface area contributed by atoms with Crippen LogP contribution in [0.5, 0.6) is 5.75 Å². The third-order valence-electron chi connectivity index (χ3n) is 4.28. The third-order valence-corrected chi connectivity index (χ3v) is 4.28. The largest absolute Gasteiger partial charge is 0.494 e. The van der Waals surface area contributed by atoms with E-state index in [2.05, 4.69) is 11.4 Å². The molecule has 24 heavy (non-hydrogen) atoms. The third kappa shape index (κ3) is 5.41. The lowest BCUT2D eigenvalue weighted by molar-refractivity contribution is -0.126. The van der Waals surface area contributed by atoms with Gasteiger partial charge in [0.05, 0.1) is 12.5 Å². The number of amides is 2. The van der Waals surface area contributed by atoms with Crippen LogP contribution in [0.25, 0.3) is 0 Å². The molecule has 0 aliphatic heterocycles. The highest BCUT2D eigenvalue weighted by Crippen LogP contribution is 2.19. The fourth-order valence-corrected chi connectivity index (χ4v) is 2.85. The van der Waals surface area contributed by atoms with E-state index in [1.165, 1.54) is 0 Å². The summed E-state index contributed by atoms with van der Waals surface area (Å²) in [6.07, 6.45) is 7.21. The van der Waals surface area contributed by atoms with Crippen molar-refractivity contribution in [2.75, 3.05) is 13.2 Å². The molecule has 0 heterocycles. The fraction of sp³-hybridized carbons (Fsp3) is 0.474. The van der Waals surface area contributed by atoms with Crippen molar-refractivity contribution in [3.8, 4) is 5.75 Å². The zero-order chi connectivity index (χ0) is 17.4. The number of hydrogen-bond acceptors (Lipinski definition) is 3. The van der Waals surface area contributed by atoms with Gasteiger partial charge in [-0.25, -0.2) is 0 Å². The smallest absolute Gasteiger partial charge is 0.223 e. The summed E-state index contributed by atoms with van der Waals surface area (Å²) in [6, 6.07) is 7.61. The Hall–Kier alpha value is -2.30. The molecular weight excluding hydrogens is 304 g/mol. The molecule has 0 saturated heterocycles. The van der Waals surface area contributed by atoms with E-state index in [1.54, 1.807) is 0 Å². The highest BCUT2D eigenvalue weighted by Gasteiger charge is 2.22. The molecule has 5 nitrogen and oxygen atoms in total. The molecule has 2 rings (SSSR count). The van der Waals surface area contributed by atoms with Crippen LogP contribution in [0.4, 0.5) is 0 Å². The quantitative estimate of drug-likeness (QED) is 0.717. The van der Waals surface area contributed by atoms with Crippen molar-refractivity contribution in [2.24, 2.45) is 17.6 Å². The maximum absolute atomic E-state index is 12.2. The first-order chi connectivity index (χ1) is 11.6. The van der Waals surface area contributed by atoms with Crippen LogP contribution in [0.2, 0.25) is 0 Å². The highest BCUT2D eigenvalue weighted by molar-refractivity contribution is 5.81. The summed E-state index contributed by atoms with van der Waals surface area (Å²) >= 11 is 0. The molecule has 130 valence electrons. The van der Waals surface area contributed by atoms with Gasteiger partial charge in [-0.1, -0.05) is 24.3 Å². The van der Waals surface area contributed by atoms with E-state index in [1.807, 2.05) is 37.3 Å². The second-order valence-electron chi connectivity index (χ2n) is 6.11. The number of rotatable bonds is 8. The molecule has 0 unspecified atom stereocenters. The number of ether oxygens (including phenoxy) is 1.